The van der Waals surface area contributed by atoms with Crippen molar-refractivity contribution >= 4 is 27.7 Å². The van der Waals surface area contributed by atoms with Crippen molar-refractivity contribution in [2.24, 2.45) is 0 Å². The number of nitrogens with zero attached hydrogens (tertiary/aromatic N) is 2. The van der Waals surface area contributed by atoms with E-state index in [1.807, 2.05) is 24.3 Å². The summed E-state index contributed by atoms with van der Waals surface area (Å²) < 4.78 is 7.69. The quantitative estimate of drug-likeness (QED) is 0.699. The summed E-state index contributed by atoms with van der Waals surface area (Å²) in [4.78, 5) is 11.9. The van der Waals surface area contributed by atoms with Gasteiger partial charge in [0.1, 0.15) is 5.82 Å². The SMILES string of the molecule is COCCNCC(=O)Nc1ccnn1Cc1cccc(Br)c1. The highest BCUT2D eigenvalue weighted by atomic mass is 79.9. The van der Waals surface area contributed by atoms with E-state index in [2.05, 4.69) is 31.7 Å². The lowest BCUT2D eigenvalue weighted by Gasteiger charge is -2.10. The van der Waals surface area contributed by atoms with E-state index in [1.54, 1.807) is 24.1 Å². The highest BCUT2D eigenvalue weighted by molar-refractivity contribution is 9.10. The maximum Gasteiger partial charge on any atom is 0.239 e. The van der Waals surface area contributed by atoms with Gasteiger partial charge in [-0.2, -0.15) is 5.10 Å². The van der Waals surface area contributed by atoms with E-state index in [0.717, 1.165) is 10.0 Å². The van der Waals surface area contributed by atoms with Gasteiger partial charge in [-0.3, -0.25) is 4.79 Å². The summed E-state index contributed by atoms with van der Waals surface area (Å²) in [6.45, 7) is 2.06. The Hall–Kier alpha value is -1.70. The first-order valence-corrected chi connectivity index (χ1v) is 7.74. The number of benzene rings is 1. The Balaban J connectivity index is 1.90. The average molecular weight is 367 g/mol. The fraction of sp³-hybridized carbons (Fsp3) is 0.333. The van der Waals surface area contributed by atoms with Crippen LogP contribution in [-0.4, -0.2) is 42.5 Å². The summed E-state index contributed by atoms with van der Waals surface area (Å²) >= 11 is 3.45. The number of aromatic nitrogens is 2. The predicted molar refractivity (Wildman–Crippen MR) is 88.8 cm³/mol. The van der Waals surface area contributed by atoms with E-state index in [-0.39, 0.29) is 12.5 Å². The minimum atomic E-state index is -0.105. The molecule has 0 saturated carbocycles. The van der Waals surface area contributed by atoms with Crippen molar-refractivity contribution in [3.8, 4) is 0 Å². The molecule has 0 aliphatic rings. The van der Waals surface area contributed by atoms with Crippen molar-refractivity contribution in [1.82, 2.24) is 15.1 Å². The summed E-state index contributed by atoms with van der Waals surface area (Å²) in [6.07, 6.45) is 1.67. The Morgan fingerprint density at radius 2 is 2.27 bits per heavy atom. The number of ether oxygens (including phenoxy) is 1. The molecule has 0 fully saturated rings. The van der Waals surface area contributed by atoms with Crippen molar-refractivity contribution in [3.05, 3.63) is 46.6 Å². The normalized spacial score (nSPS) is 10.6. The van der Waals surface area contributed by atoms with E-state index in [4.69, 9.17) is 4.74 Å². The van der Waals surface area contributed by atoms with Crippen molar-refractivity contribution in [2.75, 3.05) is 32.1 Å². The molecule has 1 aromatic carbocycles. The van der Waals surface area contributed by atoms with Gasteiger partial charge >= 0.3 is 0 Å². The molecule has 0 aliphatic carbocycles. The number of hydrogen-bond donors (Lipinski definition) is 2. The molecule has 0 bridgehead atoms. The summed E-state index contributed by atoms with van der Waals surface area (Å²) in [6, 6.07) is 9.77. The Morgan fingerprint density at radius 1 is 1.41 bits per heavy atom. The van der Waals surface area contributed by atoms with Crippen LogP contribution in [0.4, 0.5) is 5.82 Å². The number of methoxy groups -OCH3 is 1. The Labute approximate surface area is 138 Å². The molecule has 22 heavy (non-hydrogen) atoms. The molecule has 0 aliphatic heterocycles. The molecule has 2 N–H and O–H groups in total. The summed E-state index contributed by atoms with van der Waals surface area (Å²) in [5.41, 5.74) is 1.10. The molecule has 0 atom stereocenters. The van der Waals surface area contributed by atoms with Gasteiger partial charge in [0.25, 0.3) is 0 Å². The second kappa shape index (κ2) is 8.67. The number of nitrogens with one attached hydrogen (secondary N) is 2. The first-order valence-electron chi connectivity index (χ1n) is 6.95. The van der Waals surface area contributed by atoms with Crippen molar-refractivity contribution < 1.29 is 9.53 Å². The van der Waals surface area contributed by atoms with Crippen LogP contribution >= 0.6 is 15.9 Å². The molecule has 2 rings (SSSR count). The fourth-order valence-electron chi connectivity index (χ4n) is 1.94. The van der Waals surface area contributed by atoms with Crippen LogP contribution < -0.4 is 10.6 Å². The van der Waals surface area contributed by atoms with Crippen LogP contribution in [-0.2, 0) is 16.1 Å². The molecule has 0 saturated heterocycles. The van der Waals surface area contributed by atoms with Gasteiger partial charge in [0.2, 0.25) is 5.91 Å². The van der Waals surface area contributed by atoms with E-state index >= 15 is 0 Å². The maximum absolute atomic E-state index is 11.9. The van der Waals surface area contributed by atoms with Gasteiger partial charge in [-0.25, -0.2) is 4.68 Å². The monoisotopic (exact) mass is 366 g/mol. The first kappa shape index (κ1) is 16.7. The lowest BCUT2D eigenvalue weighted by Crippen LogP contribution is -2.31. The largest absolute Gasteiger partial charge is 0.383 e. The minimum Gasteiger partial charge on any atom is -0.383 e. The molecule has 2 aromatic rings. The standard InChI is InChI=1S/C15H19BrN4O2/c1-22-8-7-17-10-15(21)19-14-5-6-18-20(14)11-12-3-2-4-13(16)9-12/h2-6,9,17H,7-8,10-11H2,1H3,(H,19,21). The molecule has 118 valence electrons. The topological polar surface area (TPSA) is 68.2 Å². The Kier molecular flexibility index (Phi) is 6.57. The third-order valence-corrected chi connectivity index (χ3v) is 3.47. The smallest absolute Gasteiger partial charge is 0.239 e. The third kappa shape index (κ3) is 5.25. The van der Waals surface area contributed by atoms with E-state index in [0.29, 0.717) is 25.5 Å². The highest BCUT2D eigenvalue weighted by Crippen LogP contribution is 2.14. The minimum absolute atomic E-state index is 0.105. The predicted octanol–water partition coefficient (Wildman–Crippen LogP) is 1.87. The first-order chi connectivity index (χ1) is 10.7. The third-order valence-electron chi connectivity index (χ3n) is 2.97. The zero-order chi connectivity index (χ0) is 15.8. The van der Waals surface area contributed by atoms with Crippen molar-refractivity contribution in [2.45, 2.75) is 6.54 Å². The number of amides is 1. The van der Waals surface area contributed by atoms with Crippen molar-refractivity contribution in [1.29, 1.82) is 0 Å². The van der Waals surface area contributed by atoms with Gasteiger partial charge in [-0.1, -0.05) is 28.1 Å². The highest BCUT2D eigenvalue weighted by Gasteiger charge is 2.07. The molecule has 0 spiro atoms. The lowest BCUT2D eigenvalue weighted by molar-refractivity contribution is -0.115. The van der Waals surface area contributed by atoms with Crippen LogP contribution in [0.2, 0.25) is 0 Å². The van der Waals surface area contributed by atoms with Crippen molar-refractivity contribution in [3.63, 3.8) is 0 Å². The van der Waals surface area contributed by atoms with Crippen LogP contribution in [0.5, 0.6) is 0 Å². The van der Waals surface area contributed by atoms with Crippen LogP contribution in [0, 0.1) is 0 Å². The second-order valence-electron chi connectivity index (χ2n) is 4.72. The molecule has 0 radical (unpaired) electrons. The number of carbonyl (C=O) groups excluding carboxylic acids is 1. The average Bonchev–Trinajstić information content (AvgIpc) is 2.91. The Morgan fingerprint density at radius 3 is 3.05 bits per heavy atom. The van der Waals surface area contributed by atoms with Crippen LogP contribution in [0.15, 0.2) is 41.0 Å². The number of halogens is 1. The number of hydrogen-bond acceptors (Lipinski definition) is 4. The maximum atomic E-state index is 11.9. The number of carbonyl (C=O) groups is 1. The molecule has 1 heterocycles. The van der Waals surface area contributed by atoms with Gasteiger partial charge in [0, 0.05) is 24.2 Å². The van der Waals surface area contributed by atoms with Gasteiger partial charge < -0.3 is 15.4 Å². The molecule has 1 amide bonds. The Bertz CT molecular complexity index is 615. The summed E-state index contributed by atoms with van der Waals surface area (Å²) in [5, 5.41) is 10.1. The van der Waals surface area contributed by atoms with E-state index < -0.39 is 0 Å². The van der Waals surface area contributed by atoms with Gasteiger partial charge in [-0.05, 0) is 17.7 Å². The molecule has 6 nitrogen and oxygen atoms in total. The summed E-state index contributed by atoms with van der Waals surface area (Å²) in [5.74, 6) is 0.575. The van der Waals surface area contributed by atoms with Crippen LogP contribution in [0.1, 0.15) is 5.56 Å². The summed E-state index contributed by atoms with van der Waals surface area (Å²) in [7, 11) is 1.63. The molecular formula is C15H19BrN4O2. The molecular weight excluding hydrogens is 348 g/mol. The number of rotatable bonds is 8. The van der Waals surface area contributed by atoms with Crippen LogP contribution in [0.3, 0.4) is 0 Å². The molecule has 7 heteroatoms. The fourth-order valence-corrected chi connectivity index (χ4v) is 2.38. The molecule has 1 aromatic heterocycles. The number of anilines is 1. The van der Waals surface area contributed by atoms with Gasteiger partial charge in [0.15, 0.2) is 0 Å². The van der Waals surface area contributed by atoms with Crippen LogP contribution in [0.25, 0.3) is 0 Å². The molecule has 0 unspecified atom stereocenters. The second-order valence-corrected chi connectivity index (χ2v) is 5.64. The zero-order valence-electron chi connectivity index (χ0n) is 12.4. The zero-order valence-corrected chi connectivity index (χ0v) is 14.0. The van der Waals surface area contributed by atoms with E-state index in [9.17, 15) is 4.79 Å². The lowest BCUT2D eigenvalue weighted by atomic mass is 10.2. The van der Waals surface area contributed by atoms with Gasteiger partial charge in [0.05, 0.1) is 25.9 Å². The van der Waals surface area contributed by atoms with Gasteiger partial charge in [-0.15, -0.1) is 0 Å². The van der Waals surface area contributed by atoms with E-state index in [1.165, 1.54) is 0 Å².